The summed E-state index contributed by atoms with van der Waals surface area (Å²) in [6.07, 6.45) is 6.97. The average Bonchev–Trinajstić information content (AvgIpc) is 3.56. The molecule has 0 aliphatic heterocycles. The summed E-state index contributed by atoms with van der Waals surface area (Å²) in [4.78, 5) is 42.0. The fourth-order valence-electron chi connectivity index (χ4n) is 3.10. The van der Waals surface area contributed by atoms with Crippen LogP contribution in [0.15, 0.2) is 23.5 Å². The van der Waals surface area contributed by atoms with Crippen molar-refractivity contribution in [3.63, 3.8) is 0 Å². The van der Waals surface area contributed by atoms with E-state index in [1.165, 1.54) is 18.6 Å². The summed E-state index contributed by atoms with van der Waals surface area (Å²) in [7, 11) is 0. The van der Waals surface area contributed by atoms with E-state index in [1.807, 2.05) is 13.8 Å². The Kier molecular flexibility index (Phi) is 7.25. The first-order valence-electron chi connectivity index (χ1n) is 10.6. The molecule has 32 heavy (non-hydrogen) atoms. The molecule has 1 unspecified atom stereocenters. The zero-order valence-electron chi connectivity index (χ0n) is 18.7. The van der Waals surface area contributed by atoms with Gasteiger partial charge >= 0.3 is 0 Å². The molecule has 0 radical (unpaired) electrons. The maximum absolute atomic E-state index is 13.1. The molecule has 2 heterocycles. The molecule has 2 aromatic rings. The molecule has 3 rings (SSSR count). The molecular weight excluding hydrogens is 406 g/mol. The zero-order valence-corrected chi connectivity index (χ0v) is 18.7. The number of rotatable bonds is 8. The monoisotopic (exact) mass is 433 g/mol. The number of hydrogen-bond acceptors (Lipinski definition) is 7. The molecule has 1 fully saturated rings. The van der Waals surface area contributed by atoms with Gasteiger partial charge in [0, 0.05) is 18.5 Å². The van der Waals surface area contributed by atoms with Crippen LogP contribution in [0, 0.1) is 37.0 Å². The Hall–Kier alpha value is -3.67. The van der Waals surface area contributed by atoms with Gasteiger partial charge < -0.3 is 10.6 Å². The third-order valence-electron chi connectivity index (χ3n) is 5.01. The first-order valence-corrected chi connectivity index (χ1v) is 10.6. The van der Waals surface area contributed by atoms with E-state index in [2.05, 4.69) is 36.6 Å². The van der Waals surface area contributed by atoms with Gasteiger partial charge in [-0.05, 0) is 46.1 Å². The Labute approximate surface area is 187 Å². The van der Waals surface area contributed by atoms with Crippen LogP contribution in [0.3, 0.4) is 0 Å². The number of nitrogens with zero attached hydrogens (tertiary/aromatic N) is 5. The smallest absolute Gasteiger partial charge is 0.296 e. The lowest BCUT2D eigenvalue weighted by molar-refractivity contribution is -0.118. The van der Waals surface area contributed by atoms with Crippen LogP contribution in [0.2, 0.25) is 0 Å². The first-order chi connectivity index (χ1) is 15.3. The summed E-state index contributed by atoms with van der Waals surface area (Å²) in [5.74, 6) is -0.506. The second kappa shape index (κ2) is 10.1. The molecule has 1 saturated carbocycles. The van der Waals surface area contributed by atoms with E-state index in [-0.39, 0.29) is 17.6 Å². The molecule has 166 valence electrons. The van der Waals surface area contributed by atoms with Crippen molar-refractivity contribution in [2.45, 2.75) is 53.0 Å². The van der Waals surface area contributed by atoms with Crippen LogP contribution in [0.25, 0.3) is 0 Å². The number of nitriles is 1. The van der Waals surface area contributed by atoms with E-state index in [9.17, 15) is 14.9 Å². The summed E-state index contributed by atoms with van der Waals surface area (Å²) in [5, 5.41) is 15.4. The van der Waals surface area contributed by atoms with Gasteiger partial charge in [0.2, 0.25) is 5.91 Å². The van der Waals surface area contributed by atoms with Gasteiger partial charge in [-0.2, -0.15) is 5.26 Å². The minimum Gasteiger partial charge on any atom is -0.366 e. The van der Waals surface area contributed by atoms with E-state index in [0.29, 0.717) is 40.8 Å². The third kappa shape index (κ3) is 6.17. The average molecular weight is 434 g/mol. The van der Waals surface area contributed by atoms with Crippen molar-refractivity contribution >= 4 is 29.5 Å². The molecule has 0 saturated heterocycles. The molecule has 0 spiro atoms. The highest BCUT2D eigenvalue weighted by molar-refractivity contribution is 6.06. The zero-order chi connectivity index (χ0) is 23.3. The van der Waals surface area contributed by atoms with E-state index < -0.39 is 11.8 Å². The number of aromatic nitrogens is 3. The van der Waals surface area contributed by atoms with Crippen molar-refractivity contribution in [2.24, 2.45) is 16.8 Å². The van der Waals surface area contributed by atoms with E-state index in [0.717, 1.165) is 12.8 Å². The van der Waals surface area contributed by atoms with Crippen LogP contribution in [-0.2, 0) is 4.79 Å². The van der Waals surface area contributed by atoms with Crippen LogP contribution in [-0.4, -0.2) is 39.0 Å². The van der Waals surface area contributed by atoms with Gasteiger partial charge in [0.05, 0.1) is 34.8 Å². The first kappa shape index (κ1) is 23.0. The van der Waals surface area contributed by atoms with Crippen molar-refractivity contribution < 1.29 is 9.59 Å². The Morgan fingerprint density at radius 3 is 2.62 bits per heavy atom. The highest BCUT2D eigenvalue weighted by Gasteiger charge is 2.29. The Morgan fingerprint density at radius 1 is 1.28 bits per heavy atom. The number of hydrogen-bond donors (Lipinski definition) is 2. The Balaban J connectivity index is 1.81. The van der Waals surface area contributed by atoms with Crippen LogP contribution < -0.4 is 10.6 Å². The predicted molar refractivity (Wildman–Crippen MR) is 121 cm³/mol. The molecule has 0 aromatic carbocycles. The van der Waals surface area contributed by atoms with Gasteiger partial charge in [0.1, 0.15) is 17.6 Å². The maximum Gasteiger partial charge on any atom is 0.296 e. The van der Waals surface area contributed by atoms with Crippen molar-refractivity contribution in [2.75, 3.05) is 10.6 Å². The number of aliphatic imine (C=N–C) groups is 1. The van der Waals surface area contributed by atoms with Crippen LogP contribution >= 0.6 is 0 Å². The molecule has 2 aromatic heterocycles. The Bertz CT molecular complexity index is 1070. The van der Waals surface area contributed by atoms with Crippen molar-refractivity contribution in [1.82, 2.24) is 15.0 Å². The molecule has 2 amide bonds. The number of anilines is 2. The summed E-state index contributed by atoms with van der Waals surface area (Å²) in [6, 6.07) is 3.80. The topological polar surface area (TPSA) is 133 Å². The number of amides is 2. The number of pyridine rings is 1. The second-order valence-electron chi connectivity index (χ2n) is 8.33. The van der Waals surface area contributed by atoms with Crippen molar-refractivity contribution in [3.05, 3.63) is 41.1 Å². The predicted octanol–water partition coefficient (Wildman–Crippen LogP) is 3.45. The van der Waals surface area contributed by atoms with Gasteiger partial charge in [0.25, 0.3) is 5.91 Å². The lowest BCUT2D eigenvalue weighted by atomic mass is 10.0. The van der Waals surface area contributed by atoms with Gasteiger partial charge in [0.15, 0.2) is 0 Å². The molecule has 0 bridgehead atoms. The molecule has 9 nitrogen and oxygen atoms in total. The largest absolute Gasteiger partial charge is 0.366 e. The molecule has 9 heteroatoms. The molecular formula is C23H27N7O2. The summed E-state index contributed by atoms with van der Waals surface area (Å²) < 4.78 is 0. The number of aryl methyl sites for hydroxylation is 2. The minimum atomic E-state index is -0.594. The molecule has 1 aliphatic rings. The van der Waals surface area contributed by atoms with E-state index >= 15 is 0 Å². The number of nitrogens with one attached hydrogen (secondary N) is 2. The lowest BCUT2D eigenvalue weighted by Gasteiger charge is -2.18. The normalized spacial score (nSPS) is 14.2. The number of carbonyl (C=O) groups excluding carboxylic acids is 2. The molecule has 2 N–H and O–H groups in total. The van der Waals surface area contributed by atoms with E-state index in [1.54, 1.807) is 19.9 Å². The van der Waals surface area contributed by atoms with Gasteiger partial charge in [-0.1, -0.05) is 12.8 Å². The fraction of sp³-hybridized carbons (Fsp3) is 0.435. The molecule has 1 aliphatic carbocycles. The van der Waals surface area contributed by atoms with Crippen LogP contribution in [0.5, 0.6) is 0 Å². The standard InChI is InChI=1S/C23H27N7O2/c1-13(2)28-21-19(8-17(9-24)15(4)29-21)30-22(31)18(7-16-5-6-16)11-27-23(32)20-12-25-14(3)10-26-20/h8,10-13,16,18H,5-7H2,1-4H3,(H,28,29)(H,30,31). The third-order valence-corrected chi connectivity index (χ3v) is 5.01. The quantitative estimate of drug-likeness (QED) is 0.609. The fourth-order valence-corrected chi connectivity index (χ4v) is 3.10. The summed E-state index contributed by atoms with van der Waals surface area (Å²) >= 11 is 0. The van der Waals surface area contributed by atoms with Crippen LogP contribution in [0.1, 0.15) is 60.5 Å². The van der Waals surface area contributed by atoms with E-state index in [4.69, 9.17) is 0 Å². The minimum absolute atomic E-state index is 0.0857. The maximum atomic E-state index is 13.1. The highest BCUT2D eigenvalue weighted by Crippen LogP contribution is 2.35. The summed E-state index contributed by atoms with van der Waals surface area (Å²) in [6.45, 7) is 7.45. The van der Waals surface area contributed by atoms with Crippen molar-refractivity contribution in [3.8, 4) is 6.07 Å². The summed E-state index contributed by atoms with van der Waals surface area (Å²) in [5.41, 5.74) is 2.22. The molecule has 1 atom stereocenters. The van der Waals surface area contributed by atoms with Crippen molar-refractivity contribution in [1.29, 1.82) is 5.26 Å². The second-order valence-corrected chi connectivity index (χ2v) is 8.33. The SMILES string of the molecule is Cc1cnc(C(=O)N=CC(CC2CC2)C(=O)Nc2cc(C#N)c(C)nc2NC(C)C)cn1. The number of carbonyl (C=O) groups is 2. The Morgan fingerprint density at radius 2 is 2.03 bits per heavy atom. The lowest BCUT2D eigenvalue weighted by Crippen LogP contribution is -2.26. The van der Waals surface area contributed by atoms with Gasteiger partial charge in [-0.25, -0.2) is 15.0 Å². The van der Waals surface area contributed by atoms with Gasteiger partial charge in [-0.15, -0.1) is 0 Å². The van der Waals surface area contributed by atoms with Crippen LogP contribution in [0.4, 0.5) is 11.5 Å². The highest BCUT2D eigenvalue weighted by atomic mass is 16.2. The van der Waals surface area contributed by atoms with Gasteiger partial charge in [-0.3, -0.25) is 14.6 Å².